The summed E-state index contributed by atoms with van der Waals surface area (Å²) in [6.07, 6.45) is 0.795. The van der Waals surface area contributed by atoms with E-state index >= 15 is 0 Å². The molecule has 0 amide bonds. The summed E-state index contributed by atoms with van der Waals surface area (Å²) in [6.45, 7) is 4.76. The number of nitrogens with one attached hydrogen (secondary N) is 1. The second kappa shape index (κ2) is 6.24. The number of rotatable bonds is 5. The van der Waals surface area contributed by atoms with E-state index in [1.807, 2.05) is 50.1 Å². The molecule has 3 aromatic rings. The average Bonchev–Trinajstić information content (AvgIpc) is 2.93. The third kappa shape index (κ3) is 3.41. The van der Waals surface area contributed by atoms with Gasteiger partial charge in [0, 0.05) is 37.5 Å². The topological polar surface area (TPSA) is 66.9 Å². The molecule has 0 aliphatic carbocycles. The fraction of sp³-hybridized carbons (Fsp3) is 0.353. The number of H-pyrrole nitrogens is 1. The van der Waals surface area contributed by atoms with Gasteiger partial charge >= 0.3 is 0 Å². The van der Waals surface area contributed by atoms with Crippen molar-refractivity contribution in [2.45, 2.75) is 20.3 Å². The van der Waals surface area contributed by atoms with Gasteiger partial charge in [0.15, 0.2) is 0 Å². The lowest BCUT2D eigenvalue weighted by Gasteiger charge is -2.17. The number of aryl methyl sites for hydroxylation is 2. The Labute approximate surface area is 135 Å². The number of benzene rings is 1. The van der Waals surface area contributed by atoms with Gasteiger partial charge in [-0.3, -0.25) is 0 Å². The van der Waals surface area contributed by atoms with Crippen molar-refractivity contribution < 1.29 is 4.74 Å². The molecule has 0 atom stereocenters. The number of ether oxygens (including phenoxy) is 1. The fourth-order valence-corrected chi connectivity index (χ4v) is 2.54. The number of methoxy groups -OCH3 is 1. The molecule has 0 fully saturated rings. The number of hydrogen-bond donors (Lipinski definition) is 1. The lowest BCUT2D eigenvalue weighted by atomic mass is 10.3. The number of fused-ring (bicyclic) bond motifs is 1. The third-order valence-corrected chi connectivity index (χ3v) is 3.73. The molecule has 0 radical (unpaired) electrons. The summed E-state index contributed by atoms with van der Waals surface area (Å²) in [4.78, 5) is 19.0. The van der Waals surface area contributed by atoms with Crippen molar-refractivity contribution in [3.05, 3.63) is 41.5 Å². The predicted octanol–water partition coefficient (Wildman–Crippen LogP) is 2.66. The van der Waals surface area contributed by atoms with E-state index in [-0.39, 0.29) is 0 Å². The molecule has 0 bridgehead atoms. The maximum absolute atomic E-state index is 5.24. The Kier molecular flexibility index (Phi) is 4.14. The van der Waals surface area contributed by atoms with E-state index < -0.39 is 0 Å². The zero-order valence-corrected chi connectivity index (χ0v) is 13.9. The standard InChI is InChI=1S/C17H21N5O/c1-11-9-12(2)19-17(18-11)22(3)8-7-16-20-14-6-5-13(23-4)10-15(14)21-16/h5-6,9-10H,7-8H2,1-4H3,(H,20,21). The molecule has 2 aromatic heterocycles. The number of anilines is 1. The van der Waals surface area contributed by atoms with Gasteiger partial charge in [-0.05, 0) is 32.0 Å². The molecule has 1 N–H and O–H groups in total. The molecule has 1 aromatic carbocycles. The molecular formula is C17H21N5O. The number of aromatic amines is 1. The molecule has 0 spiro atoms. The molecule has 0 saturated heterocycles. The summed E-state index contributed by atoms with van der Waals surface area (Å²) in [5, 5.41) is 0. The summed E-state index contributed by atoms with van der Waals surface area (Å²) in [6, 6.07) is 7.82. The second-order valence-electron chi connectivity index (χ2n) is 5.69. The van der Waals surface area contributed by atoms with E-state index in [2.05, 4.69) is 19.9 Å². The van der Waals surface area contributed by atoms with Crippen LogP contribution in [-0.4, -0.2) is 40.6 Å². The SMILES string of the molecule is COc1ccc2nc(CCN(C)c3nc(C)cc(C)n3)[nH]c2c1. The highest BCUT2D eigenvalue weighted by Gasteiger charge is 2.09. The van der Waals surface area contributed by atoms with Crippen molar-refractivity contribution in [3.8, 4) is 5.75 Å². The highest BCUT2D eigenvalue weighted by atomic mass is 16.5. The first-order valence-corrected chi connectivity index (χ1v) is 7.61. The Bertz CT molecular complexity index is 807. The highest BCUT2D eigenvalue weighted by molar-refractivity contribution is 5.76. The largest absolute Gasteiger partial charge is 0.497 e. The van der Waals surface area contributed by atoms with E-state index in [0.29, 0.717) is 0 Å². The Balaban J connectivity index is 1.72. The van der Waals surface area contributed by atoms with Crippen LogP contribution >= 0.6 is 0 Å². The molecule has 120 valence electrons. The maximum Gasteiger partial charge on any atom is 0.225 e. The number of likely N-dealkylation sites (N-methyl/N-ethyl adjacent to an activating group) is 1. The van der Waals surface area contributed by atoms with E-state index in [9.17, 15) is 0 Å². The third-order valence-electron chi connectivity index (χ3n) is 3.73. The summed E-state index contributed by atoms with van der Waals surface area (Å²) in [7, 11) is 3.66. The second-order valence-corrected chi connectivity index (χ2v) is 5.69. The van der Waals surface area contributed by atoms with Crippen LogP contribution in [0.5, 0.6) is 5.75 Å². The predicted molar refractivity (Wildman–Crippen MR) is 91.1 cm³/mol. The van der Waals surface area contributed by atoms with Crippen LogP contribution in [0.2, 0.25) is 0 Å². The minimum absolute atomic E-state index is 0.750. The number of hydrogen-bond acceptors (Lipinski definition) is 5. The normalized spacial score (nSPS) is 11.0. The lowest BCUT2D eigenvalue weighted by Crippen LogP contribution is -2.23. The monoisotopic (exact) mass is 311 g/mol. The zero-order valence-electron chi connectivity index (χ0n) is 13.9. The minimum Gasteiger partial charge on any atom is -0.497 e. The smallest absolute Gasteiger partial charge is 0.225 e. The summed E-state index contributed by atoms with van der Waals surface area (Å²) < 4.78 is 5.24. The number of nitrogens with zero attached hydrogens (tertiary/aromatic N) is 4. The lowest BCUT2D eigenvalue weighted by molar-refractivity contribution is 0.415. The molecule has 0 aliphatic rings. The highest BCUT2D eigenvalue weighted by Crippen LogP contribution is 2.19. The fourth-order valence-electron chi connectivity index (χ4n) is 2.54. The summed E-state index contributed by atoms with van der Waals surface area (Å²) in [5.74, 6) is 2.53. The molecule has 0 aliphatic heterocycles. The van der Waals surface area contributed by atoms with Crippen LogP contribution < -0.4 is 9.64 Å². The van der Waals surface area contributed by atoms with Gasteiger partial charge in [0.05, 0.1) is 18.1 Å². The van der Waals surface area contributed by atoms with E-state index in [1.54, 1.807) is 7.11 Å². The Hall–Kier alpha value is -2.63. The van der Waals surface area contributed by atoms with Crippen molar-refractivity contribution in [2.24, 2.45) is 0 Å². The molecule has 0 unspecified atom stereocenters. The molecule has 3 rings (SSSR count). The molecule has 23 heavy (non-hydrogen) atoms. The molecule has 2 heterocycles. The van der Waals surface area contributed by atoms with Crippen LogP contribution in [0, 0.1) is 13.8 Å². The molecule has 6 nitrogen and oxygen atoms in total. The van der Waals surface area contributed by atoms with Gasteiger partial charge < -0.3 is 14.6 Å². The van der Waals surface area contributed by atoms with Gasteiger partial charge in [-0.25, -0.2) is 15.0 Å². The van der Waals surface area contributed by atoms with Crippen LogP contribution in [0.25, 0.3) is 11.0 Å². The molecular weight excluding hydrogens is 290 g/mol. The first kappa shape index (κ1) is 15.3. The molecule has 0 saturated carbocycles. The van der Waals surface area contributed by atoms with E-state index in [4.69, 9.17) is 4.74 Å². The van der Waals surface area contributed by atoms with Gasteiger partial charge in [0.2, 0.25) is 5.95 Å². The van der Waals surface area contributed by atoms with Crippen LogP contribution in [0.1, 0.15) is 17.2 Å². The van der Waals surface area contributed by atoms with Crippen molar-refractivity contribution in [3.63, 3.8) is 0 Å². The summed E-state index contributed by atoms with van der Waals surface area (Å²) >= 11 is 0. The van der Waals surface area contributed by atoms with Crippen molar-refractivity contribution >= 4 is 17.0 Å². The Morgan fingerprint density at radius 1 is 1.09 bits per heavy atom. The van der Waals surface area contributed by atoms with Gasteiger partial charge in [-0.1, -0.05) is 0 Å². The van der Waals surface area contributed by atoms with Gasteiger partial charge in [-0.2, -0.15) is 0 Å². The zero-order chi connectivity index (χ0) is 16.4. The maximum atomic E-state index is 5.24. The van der Waals surface area contributed by atoms with Crippen LogP contribution in [0.15, 0.2) is 24.3 Å². The van der Waals surface area contributed by atoms with Gasteiger partial charge in [0.25, 0.3) is 0 Å². The number of aromatic nitrogens is 4. The van der Waals surface area contributed by atoms with E-state index in [0.717, 1.165) is 52.9 Å². The van der Waals surface area contributed by atoms with Crippen molar-refractivity contribution in [1.29, 1.82) is 0 Å². The first-order chi connectivity index (χ1) is 11.0. The van der Waals surface area contributed by atoms with E-state index in [1.165, 1.54) is 0 Å². The van der Waals surface area contributed by atoms with Crippen LogP contribution in [0.3, 0.4) is 0 Å². The van der Waals surface area contributed by atoms with Crippen molar-refractivity contribution in [2.75, 3.05) is 25.6 Å². The Morgan fingerprint density at radius 2 is 1.83 bits per heavy atom. The van der Waals surface area contributed by atoms with Crippen LogP contribution in [-0.2, 0) is 6.42 Å². The quantitative estimate of drug-likeness (QED) is 0.784. The summed E-state index contributed by atoms with van der Waals surface area (Å²) in [5.41, 5.74) is 3.90. The van der Waals surface area contributed by atoms with Gasteiger partial charge in [-0.15, -0.1) is 0 Å². The average molecular weight is 311 g/mol. The first-order valence-electron chi connectivity index (χ1n) is 7.61. The molecule has 6 heteroatoms. The Morgan fingerprint density at radius 3 is 2.52 bits per heavy atom. The number of imidazole rings is 1. The minimum atomic E-state index is 0.750. The van der Waals surface area contributed by atoms with Gasteiger partial charge in [0.1, 0.15) is 11.6 Å². The van der Waals surface area contributed by atoms with Crippen LogP contribution in [0.4, 0.5) is 5.95 Å². The van der Waals surface area contributed by atoms with Crippen molar-refractivity contribution in [1.82, 2.24) is 19.9 Å².